The third-order valence-corrected chi connectivity index (χ3v) is 8.88. The van der Waals surface area contributed by atoms with Gasteiger partial charge in [-0.15, -0.1) is 0 Å². The van der Waals surface area contributed by atoms with Crippen LogP contribution in [0, 0.1) is 6.92 Å². The molecule has 2 bridgehead atoms. The molecular formula is C29H34ClN3O4S. The van der Waals surface area contributed by atoms with Crippen LogP contribution in [0.15, 0.2) is 59.6 Å². The van der Waals surface area contributed by atoms with E-state index in [2.05, 4.69) is 52.5 Å². The second kappa shape index (κ2) is 11.2. The number of halogens is 1. The number of morpholine rings is 1. The Kier molecular flexibility index (Phi) is 7.95. The van der Waals surface area contributed by atoms with E-state index in [-0.39, 0.29) is 11.0 Å². The van der Waals surface area contributed by atoms with Gasteiger partial charge in [-0.1, -0.05) is 48.9 Å². The van der Waals surface area contributed by atoms with Crippen LogP contribution in [0.3, 0.4) is 0 Å². The lowest BCUT2D eigenvalue weighted by Crippen LogP contribution is -2.58. The van der Waals surface area contributed by atoms with Crippen molar-refractivity contribution in [1.29, 1.82) is 0 Å². The maximum atomic E-state index is 11.9. The van der Waals surface area contributed by atoms with Gasteiger partial charge in [-0.3, -0.25) is 4.90 Å². The van der Waals surface area contributed by atoms with Gasteiger partial charge in [-0.2, -0.15) is 0 Å². The number of aryl methyl sites for hydroxylation is 1. The number of fused-ring (bicyclic) bond motifs is 2. The van der Waals surface area contributed by atoms with Crippen molar-refractivity contribution in [3.05, 3.63) is 76.4 Å². The Labute approximate surface area is 230 Å². The van der Waals surface area contributed by atoms with E-state index in [0.29, 0.717) is 41.8 Å². The highest BCUT2D eigenvalue weighted by molar-refractivity contribution is 7.90. The lowest BCUT2D eigenvalue weighted by atomic mass is 9.91. The Morgan fingerprint density at radius 1 is 1.13 bits per heavy atom. The maximum Gasteiger partial charge on any atom is 0.175 e. The van der Waals surface area contributed by atoms with E-state index in [4.69, 9.17) is 21.1 Å². The zero-order valence-corrected chi connectivity index (χ0v) is 23.6. The number of benzene rings is 2. The van der Waals surface area contributed by atoms with E-state index < -0.39 is 9.84 Å². The normalized spacial score (nSPS) is 21.7. The van der Waals surface area contributed by atoms with Crippen LogP contribution < -0.4 is 10.1 Å². The second-order valence-corrected chi connectivity index (χ2v) is 12.6. The van der Waals surface area contributed by atoms with Gasteiger partial charge in [0.1, 0.15) is 17.7 Å². The number of anilines is 2. The van der Waals surface area contributed by atoms with Gasteiger partial charge in [0, 0.05) is 55.0 Å². The van der Waals surface area contributed by atoms with Gasteiger partial charge in [0.25, 0.3) is 0 Å². The van der Waals surface area contributed by atoms with Crippen molar-refractivity contribution in [3.63, 3.8) is 0 Å². The molecule has 3 heterocycles. The summed E-state index contributed by atoms with van der Waals surface area (Å²) in [7, 11) is -3.34. The van der Waals surface area contributed by atoms with Crippen LogP contribution in [0.2, 0.25) is 5.02 Å². The molecule has 0 radical (unpaired) electrons. The Hall–Kier alpha value is -2.65. The number of ether oxygens (including phenoxy) is 2. The van der Waals surface area contributed by atoms with Crippen molar-refractivity contribution in [3.8, 4) is 5.75 Å². The first-order chi connectivity index (χ1) is 18.2. The van der Waals surface area contributed by atoms with Gasteiger partial charge in [-0.05, 0) is 37.1 Å². The molecule has 2 unspecified atom stereocenters. The van der Waals surface area contributed by atoms with E-state index in [1.807, 2.05) is 13.1 Å². The molecule has 0 aliphatic carbocycles. The lowest BCUT2D eigenvalue weighted by Gasteiger charge is -2.48. The van der Waals surface area contributed by atoms with Crippen molar-refractivity contribution >= 4 is 32.9 Å². The van der Waals surface area contributed by atoms with E-state index in [1.54, 1.807) is 12.1 Å². The van der Waals surface area contributed by atoms with Crippen molar-refractivity contribution in [2.24, 2.45) is 0 Å². The first kappa shape index (κ1) is 26.9. The Morgan fingerprint density at radius 3 is 2.47 bits per heavy atom. The molecule has 38 heavy (non-hydrogen) atoms. The monoisotopic (exact) mass is 555 g/mol. The maximum absolute atomic E-state index is 11.9. The fourth-order valence-corrected chi connectivity index (χ4v) is 6.34. The predicted molar refractivity (Wildman–Crippen MR) is 150 cm³/mol. The smallest absolute Gasteiger partial charge is 0.175 e. The van der Waals surface area contributed by atoms with Crippen LogP contribution >= 0.6 is 11.6 Å². The summed E-state index contributed by atoms with van der Waals surface area (Å²) in [5, 5.41) is 3.59. The van der Waals surface area contributed by atoms with Crippen molar-refractivity contribution in [2.45, 2.75) is 62.7 Å². The topological polar surface area (TPSA) is 80.8 Å². The summed E-state index contributed by atoms with van der Waals surface area (Å²) in [5.74, 6) is 1.49. The number of nitrogens with zero attached hydrogens (tertiary/aromatic N) is 2. The summed E-state index contributed by atoms with van der Waals surface area (Å²) in [6, 6.07) is 15.9. The SMILES string of the molecule is CCc1cnc(Nc2ccc(S(C)(=O)=O)cc2Cl)c(C)c1OC1CC2COCC(C1)N2Cc1ccccc1. The molecule has 7 nitrogen and oxygen atoms in total. The van der Waals surface area contributed by atoms with Crippen LogP contribution in [0.4, 0.5) is 11.5 Å². The zero-order chi connectivity index (χ0) is 26.9. The molecule has 2 saturated heterocycles. The Morgan fingerprint density at radius 2 is 1.84 bits per heavy atom. The molecule has 2 fully saturated rings. The summed E-state index contributed by atoms with van der Waals surface area (Å²) in [4.78, 5) is 7.38. The molecule has 3 aromatic rings. The van der Waals surface area contributed by atoms with Crippen LogP contribution in [0.25, 0.3) is 0 Å². The Balaban J connectivity index is 1.35. The summed E-state index contributed by atoms with van der Waals surface area (Å²) < 4.78 is 36.4. The molecule has 1 N–H and O–H groups in total. The van der Waals surface area contributed by atoms with Gasteiger partial charge in [0.2, 0.25) is 0 Å². The quantitative estimate of drug-likeness (QED) is 0.389. The van der Waals surface area contributed by atoms with Crippen molar-refractivity contribution < 1.29 is 17.9 Å². The first-order valence-electron chi connectivity index (χ1n) is 13.0. The van der Waals surface area contributed by atoms with Gasteiger partial charge < -0.3 is 14.8 Å². The van der Waals surface area contributed by atoms with Crippen LogP contribution in [-0.4, -0.2) is 56.0 Å². The molecule has 5 rings (SSSR count). The third kappa shape index (κ3) is 5.83. The lowest BCUT2D eigenvalue weighted by molar-refractivity contribution is -0.104. The van der Waals surface area contributed by atoms with Gasteiger partial charge >= 0.3 is 0 Å². The molecule has 1 aromatic heterocycles. The second-order valence-electron chi connectivity index (χ2n) is 10.2. The van der Waals surface area contributed by atoms with Gasteiger partial charge in [0.15, 0.2) is 9.84 Å². The van der Waals surface area contributed by atoms with Crippen LogP contribution in [-0.2, 0) is 27.5 Å². The van der Waals surface area contributed by atoms with Gasteiger partial charge in [-0.25, -0.2) is 13.4 Å². The van der Waals surface area contributed by atoms with Crippen molar-refractivity contribution in [1.82, 2.24) is 9.88 Å². The Bertz CT molecular complexity index is 1390. The molecule has 9 heteroatoms. The largest absolute Gasteiger partial charge is 0.490 e. The van der Waals surface area contributed by atoms with Gasteiger partial charge in [0.05, 0.1) is 28.8 Å². The summed E-state index contributed by atoms with van der Waals surface area (Å²) in [6.07, 6.45) is 5.69. The molecule has 2 aliphatic heterocycles. The standard InChI is InChI=1S/C29H34ClN3O4S/c1-4-21-15-31-29(32-27-11-10-25(14-26(27)30)38(3,34)35)19(2)28(21)37-24-12-22-17-36-18-23(13-24)33(22)16-20-8-6-5-7-9-20/h5-11,14-15,22-24H,4,12-13,16-18H2,1-3H3,(H,31,32). The van der Waals surface area contributed by atoms with E-state index in [9.17, 15) is 8.42 Å². The number of aromatic nitrogens is 1. The minimum absolute atomic E-state index is 0.0813. The molecule has 0 amide bonds. The zero-order valence-electron chi connectivity index (χ0n) is 22.0. The molecule has 2 aromatic carbocycles. The number of piperidine rings is 1. The molecule has 2 atom stereocenters. The number of sulfone groups is 1. The van der Waals surface area contributed by atoms with E-state index in [1.165, 1.54) is 11.6 Å². The van der Waals surface area contributed by atoms with E-state index in [0.717, 1.165) is 48.9 Å². The summed E-state index contributed by atoms with van der Waals surface area (Å²) >= 11 is 6.42. The highest BCUT2D eigenvalue weighted by Crippen LogP contribution is 2.37. The molecule has 202 valence electrons. The number of rotatable bonds is 8. The average Bonchev–Trinajstić information content (AvgIpc) is 2.88. The van der Waals surface area contributed by atoms with Crippen LogP contribution in [0.5, 0.6) is 5.75 Å². The van der Waals surface area contributed by atoms with E-state index >= 15 is 0 Å². The molecular weight excluding hydrogens is 522 g/mol. The molecule has 2 aliphatic rings. The minimum atomic E-state index is -3.34. The number of hydrogen-bond donors (Lipinski definition) is 1. The number of hydrogen-bond acceptors (Lipinski definition) is 7. The number of pyridine rings is 1. The predicted octanol–water partition coefficient (Wildman–Crippen LogP) is 5.56. The highest BCUT2D eigenvalue weighted by atomic mass is 35.5. The molecule has 0 saturated carbocycles. The highest BCUT2D eigenvalue weighted by Gasteiger charge is 2.40. The number of nitrogens with one attached hydrogen (secondary N) is 1. The third-order valence-electron chi connectivity index (χ3n) is 7.46. The summed E-state index contributed by atoms with van der Waals surface area (Å²) in [6.45, 7) is 6.45. The average molecular weight is 556 g/mol. The fraction of sp³-hybridized carbons (Fsp3) is 0.414. The van der Waals surface area contributed by atoms with Crippen LogP contribution in [0.1, 0.15) is 36.5 Å². The minimum Gasteiger partial charge on any atom is -0.490 e. The fourth-order valence-electron chi connectivity index (χ4n) is 5.40. The molecule has 0 spiro atoms. The first-order valence-corrected chi connectivity index (χ1v) is 15.3. The summed E-state index contributed by atoms with van der Waals surface area (Å²) in [5.41, 5.74) is 3.87. The van der Waals surface area contributed by atoms with Crippen molar-refractivity contribution in [2.75, 3.05) is 24.8 Å².